The van der Waals surface area contributed by atoms with Gasteiger partial charge in [0.15, 0.2) is 6.10 Å². The normalized spacial score (nSPS) is 16.1. The van der Waals surface area contributed by atoms with E-state index in [-0.39, 0.29) is 0 Å². The van der Waals surface area contributed by atoms with Crippen molar-refractivity contribution in [1.82, 2.24) is 0 Å². The summed E-state index contributed by atoms with van der Waals surface area (Å²) < 4.78 is 176. The van der Waals surface area contributed by atoms with Crippen LogP contribution >= 0.6 is 0 Å². The molecule has 0 N–H and O–H groups in total. The van der Waals surface area contributed by atoms with Gasteiger partial charge in [0.05, 0.1) is 0 Å². The van der Waals surface area contributed by atoms with Gasteiger partial charge in [-0.2, -0.15) is 57.1 Å². The third kappa shape index (κ3) is 3.75. The first kappa shape index (κ1) is 25.3. The van der Waals surface area contributed by atoms with E-state index in [0.29, 0.717) is 12.1 Å². The fraction of sp³-hybridized carbons (Fsp3) is 0.600. The fourth-order valence-electron chi connectivity index (χ4n) is 2.15. The molecule has 1 nitrogen and oxygen atoms in total. The Kier molecular flexibility index (Phi) is 6.55. The number of halogens is 13. The van der Waals surface area contributed by atoms with Gasteiger partial charge >= 0.3 is 35.8 Å². The third-order valence-corrected chi connectivity index (χ3v) is 3.72. The second-order valence-electron chi connectivity index (χ2n) is 5.66. The molecule has 0 aromatic heterocycles. The molecule has 0 spiro atoms. The summed E-state index contributed by atoms with van der Waals surface area (Å²) in [7, 11) is 0. The number of alkyl halides is 13. The molecule has 1 aromatic rings. The molecule has 1 unspecified atom stereocenters. The van der Waals surface area contributed by atoms with Crippen molar-refractivity contribution in [1.29, 1.82) is 0 Å². The summed E-state index contributed by atoms with van der Waals surface area (Å²) in [6, 6.07) is 4.34. The van der Waals surface area contributed by atoms with Crippen molar-refractivity contribution < 1.29 is 61.8 Å². The van der Waals surface area contributed by atoms with Crippen molar-refractivity contribution in [3.05, 3.63) is 35.9 Å². The minimum Gasteiger partial charge on any atom is -0.367 e. The standard InChI is InChI=1S/C15H11F13O/c1-2-29-9(8-6-4-3-5-7-8)10(16,17)11(18,19)12(20,21)13(22,23)14(24,25)15(26,27)28/h3-7,9H,2H2,1H3. The van der Waals surface area contributed by atoms with E-state index in [1.807, 2.05) is 0 Å². The summed E-state index contributed by atoms with van der Waals surface area (Å²) in [5.74, 6) is -37.3. The molecule has 14 heteroatoms. The molecule has 168 valence electrons. The number of benzene rings is 1. The molecule has 0 fully saturated rings. The summed E-state index contributed by atoms with van der Waals surface area (Å²) in [5.41, 5.74) is -0.944. The highest BCUT2D eigenvalue weighted by Crippen LogP contribution is 2.62. The molecule has 1 rings (SSSR count). The topological polar surface area (TPSA) is 9.23 Å². The predicted octanol–water partition coefficient (Wildman–Crippen LogP) is 6.50. The first-order chi connectivity index (χ1) is 12.8. The molecule has 0 saturated carbocycles. The van der Waals surface area contributed by atoms with Crippen LogP contribution in [0.5, 0.6) is 0 Å². The van der Waals surface area contributed by atoms with Gasteiger partial charge in [0.1, 0.15) is 0 Å². The zero-order valence-electron chi connectivity index (χ0n) is 14.0. The lowest BCUT2D eigenvalue weighted by Gasteiger charge is -2.41. The second kappa shape index (κ2) is 7.51. The average Bonchev–Trinajstić information content (AvgIpc) is 2.58. The second-order valence-corrected chi connectivity index (χ2v) is 5.66. The Morgan fingerprint density at radius 1 is 0.655 bits per heavy atom. The van der Waals surface area contributed by atoms with E-state index < -0.39 is 54.1 Å². The zero-order chi connectivity index (χ0) is 23.1. The maximum absolute atomic E-state index is 14.2. The predicted molar refractivity (Wildman–Crippen MR) is 71.6 cm³/mol. The van der Waals surface area contributed by atoms with Gasteiger partial charge in [-0.1, -0.05) is 30.3 Å². The van der Waals surface area contributed by atoms with E-state index in [1.54, 1.807) is 0 Å². The Hall–Kier alpha value is -1.73. The molecule has 1 aromatic carbocycles. The highest BCUT2D eigenvalue weighted by molar-refractivity contribution is 5.23. The minimum absolute atomic E-state index is 0.644. The summed E-state index contributed by atoms with van der Waals surface area (Å²) >= 11 is 0. The van der Waals surface area contributed by atoms with Gasteiger partial charge in [-0.3, -0.25) is 0 Å². The lowest BCUT2D eigenvalue weighted by atomic mass is 9.89. The van der Waals surface area contributed by atoms with Crippen LogP contribution in [0.25, 0.3) is 0 Å². The van der Waals surface area contributed by atoms with Crippen LogP contribution in [0, 0.1) is 0 Å². The van der Waals surface area contributed by atoms with Crippen LogP contribution in [0.15, 0.2) is 30.3 Å². The van der Waals surface area contributed by atoms with Gasteiger partial charge in [0, 0.05) is 6.61 Å². The van der Waals surface area contributed by atoms with Crippen molar-refractivity contribution in [3.8, 4) is 0 Å². The van der Waals surface area contributed by atoms with Crippen LogP contribution in [-0.2, 0) is 4.74 Å². The third-order valence-electron chi connectivity index (χ3n) is 3.72. The van der Waals surface area contributed by atoms with Crippen LogP contribution in [-0.4, -0.2) is 42.4 Å². The molecule has 0 bridgehead atoms. The highest BCUT2D eigenvalue weighted by atomic mass is 19.4. The van der Waals surface area contributed by atoms with E-state index in [4.69, 9.17) is 0 Å². The lowest BCUT2D eigenvalue weighted by molar-refractivity contribution is -0.445. The molecular weight excluding hydrogens is 443 g/mol. The van der Waals surface area contributed by atoms with E-state index in [1.165, 1.54) is 0 Å². The summed E-state index contributed by atoms with van der Waals surface area (Å²) in [6.07, 6.45) is -10.8. The molecule has 1 atom stereocenters. The zero-order valence-corrected chi connectivity index (χ0v) is 14.0. The van der Waals surface area contributed by atoms with E-state index >= 15 is 0 Å². The van der Waals surface area contributed by atoms with Crippen molar-refractivity contribution >= 4 is 0 Å². The monoisotopic (exact) mass is 454 g/mol. The fourth-order valence-corrected chi connectivity index (χ4v) is 2.15. The Balaban J connectivity index is 3.59. The Bertz CT molecular complexity index is 681. The van der Waals surface area contributed by atoms with Gasteiger partial charge in [-0.15, -0.1) is 0 Å². The van der Waals surface area contributed by atoms with Crippen molar-refractivity contribution in [2.75, 3.05) is 6.61 Å². The number of hydrogen-bond donors (Lipinski definition) is 0. The van der Waals surface area contributed by atoms with Crippen molar-refractivity contribution in [2.45, 2.75) is 48.8 Å². The van der Waals surface area contributed by atoms with Crippen LogP contribution in [0.3, 0.4) is 0 Å². The molecule has 0 radical (unpaired) electrons. The van der Waals surface area contributed by atoms with Crippen LogP contribution < -0.4 is 0 Å². The van der Waals surface area contributed by atoms with E-state index in [9.17, 15) is 57.1 Å². The number of ether oxygens (including phenoxy) is 1. The number of rotatable bonds is 8. The highest BCUT2D eigenvalue weighted by Gasteiger charge is 2.91. The Morgan fingerprint density at radius 3 is 1.45 bits per heavy atom. The van der Waals surface area contributed by atoms with Gasteiger partial charge in [-0.25, -0.2) is 0 Å². The molecule has 0 aliphatic heterocycles. The SMILES string of the molecule is CCOC(c1ccccc1)C(F)(F)C(F)(F)C(F)(F)C(F)(F)C(F)(F)C(F)(F)F. The molecule has 0 saturated heterocycles. The van der Waals surface area contributed by atoms with E-state index in [2.05, 4.69) is 4.74 Å². The maximum atomic E-state index is 14.2. The molecule has 0 amide bonds. The van der Waals surface area contributed by atoms with Crippen molar-refractivity contribution in [2.24, 2.45) is 0 Å². The Labute approximate surface area is 154 Å². The van der Waals surface area contributed by atoms with E-state index in [0.717, 1.165) is 25.1 Å². The first-order valence-electron chi connectivity index (χ1n) is 7.43. The van der Waals surface area contributed by atoms with Crippen LogP contribution in [0.2, 0.25) is 0 Å². The molecule has 0 aliphatic carbocycles. The molecule has 29 heavy (non-hydrogen) atoms. The molecular formula is C15H11F13O. The minimum atomic E-state index is -7.93. The maximum Gasteiger partial charge on any atom is 0.460 e. The van der Waals surface area contributed by atoms with Gasteiger partial charge in [-0.05, 0) is 12.5 Å². The summed E-state index contributed by atoms with van der Waals surface area (Å²) in [5, 5.41) is 0. The van der Waals surface area contributed by atoms with Crippen molar-refractivity contribution in [3.63, 3.8) is 0 Å². The van der Waals surface area contributed by atoms with Crippen LogP contribution in [0.1, 0.15) is 18.6 Å². The largest absolute Gasteiger partial charge is 0.460 e. The molecule has 0 heterocycles. The number of hydrogen-bond acceptors (Lipinski definition) is 1. The lowest BCUT2D eigenvalue weighted by Crippen LogP contribution is -2.70. The quantitative estimate of drug-likeness (QED) is 0.408. The summed E-state index contributed by atoms with van der Waals surface area (Å²) in [4.78, 5) is 0. The molecule has 0 aliphatic rings. The average molecular weight is 454 g/mol. The van der Waals surface area contributed by atoms with Gasteiger partial charge in [0.25, 0.3) is 0 Å². The summed E-state index contributed by atoms with van der Waals surface area (Å²) in [6.45, 7) is 0.0701. The van der Waals surface area contributed by atoms with Gasteiger partial charge in [0.2, 0.25) is 0 Å². The Morgan fingerprint density at radius 2 is 1.07 bits per heavy atom. The smallest absolute Gasteiger partial charge is 0.367 e. The van der Waals surface area contributed by atoms with Gasteiger partial charge < -0.3 is 4.74 Å². The van der Waals surface area contributed by atoms with Crippen LogP contribution in [0.4, 0.5) is 57.1 Å². The first-order valence-corrected chi connectivity index (χ1v) is 7.43.